The van der Waals surface area contributed by atoms with Crippen molar-refractivity contribution >= 4 is 27.8 Å². The van der Waals surface area contributed by atoms with E-state index in [0.717, 1.165) is 48.4 Å². The summed E-state index contributed by atoms with van der Waals surface area (Å²) < 4.78 is 22.9. The van der Waals surface area contributed by atoms with Crippen LogP contribution in [0.4, 0.5) is 0 Å². The Morgan fingerprint density at radius 2 is 2.00 bits per heavy atom. The van der Waals surface area contributed by atoms with Crippen molar-refractivity contribution in [3.8, 4) is 23.0 Å². The van der Waals surface area contributed by atoms with Crippen molar-refractivity contribution in [2.24, 2.45) is 5.41 Å². The van der Waals surface area contributed by atoms with Gasteiger partial charge in [0.1, 0.15) is 17.1 Å². The van der Waals surface area contributed by atoms with E-state index >= 15 is 0 Å². The average Bonchev–Trinajstić information content (AvgIpc) is 3.16. The largest absolute Gasteiger partial charge is 0.493 e. The van der Waals surface area contributed by atoms with Gasteiger partial charge in [0.05, 0.1) is 50.5 Å². The number of hydrogen-bond donors (Lipinski definition) is 1. The molecule has 0 unspecified atom stereocenters. The third kappa shape index (κ3) is 4.01. The number of nitrogens with one attached hydrogen (secondary N) is 1. The van der Waals surface area contributed by atoms with E-state index in [4.69, 9.17) is 18.9 Å². The Morgan fingerprint density at radius 3 is 2.77 bits per heavy atom. The number of carbonyl (C=O) groups excluding carboxylic acids is 1. The van der Waals surface area contributed by atoms with Gasteiger partial charge in [-0.2, -0.15) is 0 Å². The number of fused-ring (bicyclic) bond motifs is 2. The molecule has 0 bridgehead atoms. The molecule has 2 saturated heterocycles. The molecule has 1 aromatic carbocycles. The Morgan fingerprint density at radius 1 is 1.14 bits per heavy atom. The topological polar surface area (TPSA) is 98.8 Å². The molecule has 9 heteroatoms. The first kappa shape index (κ1) is 21.7. The standard InChI is InChI=1S/C26H26N4O5/c1-16-7-17-8-18(11-28-25(17)29-16)35-21-3-5-27-20-10-23(22(32-2)9-19(20)21)34-6-4-24(31)30-12-26(13-30)14-33-15-26/h3,5,7-11H,4,6,12-15H2,1-2H3,(H,28,29). The lowest BCUT2D eigenvalue weighted by molar-refractivity contribution is -0.195. The van der Waals surface area contributed by atoms with Crippen LogP contribution in [0.25, 0.3) is 21.9 Å². The Balaban J connectivity index is 1.17. The molecule has 5 heterocycles. The highest BCUT2D eigenvalue weighted by Crippen LogP contribution is 2.39. The first-order valence-corrected chi connectivity index (χ1v) is 11.6. The number of amides is 1. The maximum Gasteiger partial charge on any atom is 0.226 e. The third-order valence-electron chi connectivity index (χ3n) is 6.59. The van der Waals surface area contributed by atoms with E-state index in [0.29, 0.717) is 34.9 Å². The van der Waals surface area contributed by atoms with Crippen LogP contribution in [-0.4, -0.2) is 65.8 Å². The molecule has 2 aliphatic heterocycles. The summed E-state index contributed by atoms with van der Waals surface area (Å²) in [5, 5.41) is 1.77. The molecule has 35 heavy (non-hydrogen) atoms. The van der Waals surface area contributed by atoms with Crippen LogP contribution in [0.1, 0.15) is 12.1 Å². The molecule has 2 fully saturated rings. The number of H-pyrrole nitrogens is 1. The summed E-state index contributed by atoms with van der Waals surface area (Å²) in [6.45, 7) is 5.34. The summed E-state index contributed by atoms with van der Waals surface area (Å²) in [7, 11) is 1.59. The minimum Gasteiger partial charge on any atom is -0.493 e. The second kappa shape index (κ2) is 8.42. The number of methoxy groups -OCH3 is 1. The van der Waals surface area contributed by atoms with Gasteiger partial charge in [-0.25, -0.2) is 4.98 Å². The normalized spacial score (nSPS) is 16.2. The van der Waals surface area contributed by atoms with Gasteiger partial charge < -0.3 is 28.8 Å². The first-order valence-electron chi connectivity index (χ1n) is 11.6. The molecule has 1 N–H and O–H groups in total. The number of hydrogen-bond acceptors (Lipinski definition) is 7. The number of benzene rings is 1. The van der Waals surface area contributed by atoms with Gasteiger partial charge in [-0.15, -0.1) is 0 Å². The zero-order valence-electron chi connectivity index (χ0n) is 19.7. The van der Waals surface area contributed by atoms with Crippen LogP contribution in [0.3, 0.4) is 0 Å². The van der Waals surface area contributed by atoms with Gasteiger partial charge in [0.2, 0.25) is 5.91 Å². The summed E-state index contributed by atoms with van der Waals surface area (Å²) in [6, 6.07) is 9.44. The fourth-order valence-electron chi connectivity index (χ4n) is 4.72. The summed E-state index contributed by atoms with van der Waals surface area (Å²) in [5.41, 5.74) is 2.78. The molecule has 0 saturated carbocycles. The smallest absolute Gasteiger partial charge is 0.226 e. The van der Waals surface area contributed by atoms with Gasteiger partial charge in [0, 0.05) is 41.8 Å². The Hall–Kier alpha value is -3.85. The van der Waals surface area contributed by atoms with Crippen molar-refractivity contribution in [1.29, 1.82) is 0 Å². The Bertz CT molecular complexity index is 1420. The molecule has 6 rings (SSSR count). The van der Waals surface area contributed by atoms with Crippen molar-refractivity contribution in [1.82, 2.24) is 19.9 Å². The second-order valence-electron chi connectivity index (χ2n) is 9.33. The molecule has 0 atom stereocenters. The zero-order chi connectivity index (χ0) is 24.0. The van der Waals surface area contributed by atoms with Crippen molar-refractivity contribution in [3.63, 3.8) is 0 Å². The lowest BCUT2D eigenvalue weighted by atomic mass is 9.78. The van der Waals surface area contributed by atoms with Crippen LogP contribution in [0, 0.1) is 12.3 Å². The van der Waals surface area contributed by atoms with E-state index in [-0.39, 0.29) is 17.9 Å². The molecular weight excluding hydrogens is 448 g/mol. The van der Waals surface area contributed by atoms with Crippen LogP contribution in [0.2, 0.25) is 0 Å². The lowest BCUT2D eigenvalue weighted by Crippen LogP contribution is -2.67. The average molecular weight is 475 g/mol. The molecule has 3 aromatic heterocycles. The Kier molecular flexibility index (Phi) is 5.21. The summed E-state index contributed by atoms with van der Waals surface area (Å²) in [6.07, 6.45) is 3.69. The number of carbonyl (C=O) groups is 1. The summed E-state index contributed by atoms with van der Waals surface area (Å²) >= 11 is 0. The van der Waals surface area contributed by atoms with Crippen LogP contribution >= 0.6 is 0 Å². The number of aromatic amines is 1. The van der Waals surface area contributed by atoms with Crippen molar-refractivity contribution in [2.45, 2.75) is 13.3 Å². The van der Waals surface area contributed by atoms with E-state index in [2.05, 4.69) is 15.0 Å². The number of pyridine rings is 2. The monoisotopic (exact) mass is 474 g/mol. The van der Waals surface area contributed by atoms with Crippen molar-refractivity contribution in [3.05, 3.63) is 48.4 Å². The molecule has 1 amide bonds. The van der Waals surface area contributed by atoms with Gasteiger partial charge in [-0.05, 0) is 31.2 Å². The summed E-state index contributed by atoms with van der Waals surface area (Å²) in [4.78, 5) is 26.4. The number of aryl methyl sites for hydroxylation is 1. The highest BCUT2D eigenvalue weighted by atomic mass is 16.5. The van der Waals surface area contributed by atoms with Crippen LogP contribution in [-0.2, 0) is 9.53 Å². The Labute approximate surface area is 202 Å². The zero-order valence-corrected chi connectivity index (χ0v) is 19.7. The second-order valence-corrected chi connectivity index (χ2v) is 9.33. The van der Waals surface area contributed by atoms with Gasteiger partial charge in [0.15, 0.2) is 11.5 Å². The fourth-order valence-corrected chi connectivity index (χ4v) is 4.72. The van der Waals surface area contributed by atoms with Crippen LogP contribution < -0.4 is 14.2 Å². The van der Waals surface area contributed by atoms with E-state index in [1.807, 2.05) is 36.1 Å². The highest BCUT2D eigenvalue weighted by Gasteiger charge is 2.50. The van der Waals surface area contributed by atoms with Gasteiger partial charge in [-0.1, -0.05) is 0 Å². The first-order chi connectivity index (χ1) is 17.0. The molecule has 2 aliphatic rings. The van der Waals surface area contributed by atoms with Crippen LogP contribution in [0.15, 0.2) is 42.7 Å². The molecule has 9 nitrogen and oxygen atoms in total. The van der Waals surface area contributed by atoms with E-state index in [1.54, 1.807) is 25.6 Å². The highest BCUT2D eigenvalue weighted by molar-refractivity contribution is 5.88. The molecule has 1 spiro atoms. The number of rotatable bonds is 7. The predicted octanol–water partition coefficient (Wildman–Crippen LogP) is 3.85. The van der Waals surface area contributed by atoms with Crippen LogP contribution in [0.5, 0.6) is 23.0 Å². The summed E-state index contributed by atoms with van der Waals surface area (Å²) in [5.74, 6) is 2.44. The van der Waals surface area contributed by atoms with Gasteiger partial charge in [0.25, 0.3) is 0 Å². The molecular formula is C26H26N4O5. The van der Waals surface area contributed by atoms with Crippen molar-refractivity contribution < 1.29 is 23.7 Å². The molecule has 0 aliphatic carbocycles. The molecule has 180 valence electrons. The predicted molar refractivity (Wildman–Crippen MR) is 129 cm³/mol. The van der Waals surface area contributed by atoms with Gasteiger partial charge >= 0.3 is 0 Å². The lowest BCUT2D eigenvalue weighted by Gasteiger charge is -2.55. The van der Waals surface area contributed by atoms with E-state index < -0.39 is 0 Å². The molecule has 0 radical (unpaired) electrons. The van der Waals surface area contributed by atoms with E-state index in [1.165, 1.54) is 0 Å². The minimum absolute atomic E-state index is 0.0966. The van der Waals surface area contributed by atoms with E-state index in [9.17, 15) is 4.79 Å². The SMILES string of the molecule is COc1cc2c(Oc3cnc4[nH]c(C)cc4c3)ccnc2cc1OCCC(=O)N1CC2(COC2)C1. The maximum absolute atomic E-state index is 12.4. The minimum atomic E-state index is 0.0966. The van der Waals surface area contributed by atoms with Crippen molar-refractivity contribution in [2.75, 3.05) is 40.0 Å². The van der Waals surface area contributed by atoms with Gasteiger partial charge in [-0.3, -0.25) is 9.78 Å². The molecule has 4 aromatic rings. The number of likely N-dealkylation sites (tertiary alicyclic amines) is 1. The quantitative estimate of drug-likeness (QED) is 0.434. The third-order valence-corrected chi connectivity index (χ3v) is 6.59. The fraction of sp³-hybridized carbons (Fsp3) is 0.346. The number of nitrogens with zero attached hydrogens (tertiary/aromatic N) is 3. The maximum atomic E-state index is 12.4. The number of aromatic nitrogens is 3. The number of ether oxygens (including phenoxy) is 4.